The van der Waals surface area contributed by atoms with Crippen LogP contribution in [0.2, 0.25) is 0 Å². The zero-order chi connectivity index (χ0) is 37.0. The molecule has 0 spiro atoms. The summed E-state index contributed by atoms with van der Waals surface area (Å²) in [6, 6.07) is 14.1. The number of hydrogen-bond acceptors (Lipinski definition) is 14. The van der Waals surface area contributed by atoms with Crippen molar-refractivity contribution in [3.8, 4) is 45.5 Å². The smallest absolute Gasteiger partial charge is 0.300 e. The highest BCUT2D eigenvalue weighted by Crippen LogP contribution is 2.37. The maximum absolute atomic E-state index is 12.7. The number of ether oxygens (including phenoxy) is 4. The molecular weight excluding hydrogens is 689 g/mol. The Labute approximate surface area is 293 Å². The van der Waals surface area contributed by atoms with Crippen molar-refractivity contribution in [1.82, 2.24) is 9.97 Å². The van der Waals surface area contributed by atoms with Crippen molar-refractivity contribution < 1.29 is 44.1 Å². The minimum atomic E-state index is -4.31. The average Bonchev–Trinajstić information content (AvgIpc) is 3.06. The molecule has 14 nitrogen and oxygen atoms in total. The van der Waals surface area contributed by atoms with Gasteiger partial charge in [-0.15, -0.1) is 0 Å². The third kappa shape index (κ3) is 8.74. The molecule has 0 aliphatic rings. The van der Waals surface area contributed by atoms with Gasteiger partial charge in [0, 0.05) is 36.3 Å². The van der Waals surface area contributed by atoms with Crippen LogP contribution in [0.5, 0.6) is 23.0 Å². The Morgan fingerprint density at radius 1 is 0.620 bits per heavy atom. The standard InChI is InChI=1S/C34H42N4O10S2/c1-22-30(43-5)15-24(16-31(22)44-6)28-13-11-26(19-35-28)37(3)21-34(47-49(9,39)40,48-50(10,41)42)38(4)27-12-14-29(36-20-27)25-17-32(45-7)23(2)33(18-25)46-8/h11-20H,21H2,1-10H3. The van der Waals surface area contributed by atoms with Crippen LogP contribution in [-0.4, -0.2) is 94.3 Å². The summed E-state index contributed by atoms with van der Waals surface area (Å²) >= 11 is 0. The number of pyridine rings is 2. The highest BCUT2D eigenvalue weighted by atomic mass is 32.2. The van der Waals surface area contributed by atoms with Crippen molar-refractivity contribution in [2.24, 2.45) is 0 Å². The SMILES string of the molecule is COc1cc(-c2ccc(N(C)CC(OS(C)(=O)=O)(OS(C)(=O)=O)N(C)c3ccc(-c4cc(OC)c(C)c(OC)c4)nc3)cn2)cc(OC)c1C. The van der Waals surface area contributed by atoms with Gasteiger partial charge in [0.15, 0.2) is 0 Å². The Hall–Kier alpha value is -4.64. The van der Waals surface area contributed by atoms with Crippen LogP contribution >= 0.6 is 0 Å². The van der Waals surface area contributed by atoms with E-state index in [0.29, 0.717) is 45.6 Å². The zero-order valence-electron chi connectivity index (χ0n) is 29.7. The van der Waals surface area contributed by atoms with Crippen LogP contribution in [0.25, 0.3) is 22.5 Å². The molecule has 0 aliphatic carbocycles. The molecule has 0 amide bonds. The van der Waals surface area contributed by atoms with Crippen LogP contribution in [0.1, 0.15) is 11.1 Å². The first-order valence-electron chi connectivity index (χ1n) is 15.1. The summed E-state index contributed by atoms with van der Waals surface area (Å²) in [7, 11) is 0.693. The summed E-state index contributed by atoms with van der Waals surface area (Å²) in [5.74, 6) is 0.0617. The molecule has 16 heteroatoms. The molecule has 0 radical (unpaired) electrons. The van der Waals surface area contributed by atoms with E-state index < -0.39 is 32.7 Å². The van der Waals surface area contributed by atoms with Crippen molar-refractivity contribution in [3.63, 3.8) is 0 Å². The number of likely N-dealkylation sites (N-methyl/N-ethyl adjacent to an activating group) is 2. The fraction of sp³-hybridized carbons (Fsp3) is 0.353. The third-order valence-electron chi connectivity index (χ3n) is 7.93. The Morgan fingerprint density at radius 3 is 1.28 bits per heavy atom. The molecule has 0 atom stereocenters. The second kappa shape index (κ2) is 15.1. The van der Waals surface area contributed by atoms with Gasteiger partial charge >= 0.3 is 5.91 Å². The lowest BCUT2D eigenvalue weighted by Crippen LogP contribution is -2.59. The van der Waals surface area contributed by atoms with Gasteiger partial charge in [-0.3, -0.25) is 9.97 Å². The zero-order valence-corrected chi connectivity index (χ0v) is 31.3. The van der Waals surface area contributed by atoms with Crippen LogP contribution in [-0.2, 0) is 28.6 Å². The van der Waals surface area contributed by atoms with Crippen molar-refractivity contribution in [2.45, 2.75) is 19.8 Å². The number of benzene rings is 2. The molecule has 0 bridgehead atoms. The van der Waals surface area contributed by atoms with Crippen LogP contribution < -0.4 is 28.7 Å². The van der Waals surface area contributed by atoms with Crippen molar-refractivity contribution in [2.75, 3.05) is 71.4 Å². The summed E-state index contributed by atoms with van der Waals surface area (Å²) in [5.41, 5.74) is 5.04. The molecule has 0 saturated carbocycles. The van der Waals surface area contributed by atoms with Gasteiger partial charge in [-0.2, -0.15) is 16.8 Å². The Kier molecular flexibility index (Phi) is 11.5. The van der Waals surface area contributed by atoms with Gasteiger partial charge in [0.1, 0.15) is 23.0 Å². The Morgan fingerprint density at radius 2 is 0.980 bits per heavy atom. The predicted molar refractivity (Wildman–Crippen MR) is 191 cm³/mol. The molecule has 0 N–H and O–H groups in total. The predicted octanol–water partition coefficient (Wildman–Crippen LogP) is 4.64. The number of rotatable bonds is 15. The van der Waals surface area contributed by atoms with Crippen LogP contribution in [0.3, 0.4) is 0 Å². The van der Waals surface area contributed by atoms with Gasteiger partial charge in [0.05, 0.1) is 82.7 Å². The Bertz CT molecular complexity index is 1960. The minimum Gasteiger partial charge on any atom is -0.496 e. The lowest BCUT2D eigenvalue weighted by Gasteiger charge is -2.42. The molecular formula is C34H42N4O10S2. The second-order valence-corrected chi connectivity index (χ2v) is 14.7. The van der Waals surface area contributed by atoms with Crippen molar-refractivity contribution in [1.29, 1.82) is 0 Å². The quantitative estimate of drug-likeness (QED) is 0.123. The highest BCUT2D eigenvalue weighted by molar-refractivity contribution is 7.86. The van der Waals surface area contributed by atoms with Crippen molar-refractivity contribution >= 4 is 31.6 Å². The summed E-state index contributed by atoms with van der Waals surface area (Å²) in [4.78, 5) is 12.0. The van der Waals surface area contributed by atoms with Crippen LogP contribution in [0, 0.1) is 13.8 Å². The highest BCUT2D eigenvalue weighted by Gasteiger charge is 2.46. The van der Waals surface area contributed by atoms with Gasteiger partial charge in [-0.1, -0.05) is 0 Å². The van der Waals surface area contributed by atoms with E-state index in [0.717, 1.165) is 29.2 Å². The molecule has 2 heterocycles. The molecule has 0 fully saturated rings. The van der Waals surface area contributed by atoms with E-state index in [1.54, 1.807) is 70.8 Å². The van der Waals surface area contributed by atoms with E-state index in [4.69, 9.17) is 27.3 Å². The largest absolute Gasteiger partial charge is 0.496 e. The number of anilines is 2. The molecule has 0 aliphatic heterocycles. The van der Waals surface area contributed by atoms with E-state index in [-0.39, 0.29) is 5.69 Å². The number of aromatic nitrogens is 2. The fourth-order valence-corrected chi connectivity index (χ4v) is 6.74. The third-order valence-corrected chi connectivity index (χ3v) is 9.06. The van der Waals surface area contributed by atoms with E-state index >= 15 is 0 Å². The summed E-state index contributed by atoms with van der Waals surface area (Å²) in [5, 5.41) is 0. The molecule has 4 aromatic rings. The van der Waals surface area contributed by atoms with Crippen LogP contribution in [0.15, 0.2) is 60.9 Å². The lowest BCUT2D eigenvalue weighted by atomic mass is 10.1. The maximum Gasteiger partial charge on any atom is 0.300 e. The first-order chi connectivity index (χ1) is 23.4. The van der Waals surface area contributed by atoms with E-state index in [9.17, 15) is 16.8 Å². The van der Waals surface area contributed by atoms with Crippen molar-refractivity contribution in [3.05, 3.63) is 72.1 Å². The maximum atomic E-state index is 12.7. The van der Waals surface area contributed by atoms with Gasteiger partial charge in [-0.05, 0) is 62.4 Å². The minimum absolute atomic E-state index is 0.288. The number of nitrogens with zero attached hydrogens (tertiary/aromatic N) is 4. The first kappa shape index (κ1) is 38.2. The van der Waals surface area contributed by atoms with Gasteiger partial charge in [-0.25, -0.2) is 8.37 Å². The summed E-state index contributed by atoms with van der Waals surface area (Å²) in [6.45, 7) is 3.35. The van der Waals surface area contributed by atoms with Gasteiger partial charge in [0.25, 0.3) is 20.2 Å². The molecule has 0 unspecified atom stereocenters. The summed E-state index contributed by atoms with van der Waals surface area (Å²) in [6.07, 6.45) is 4.61. The fourth-order valence-electron chi connectivity index (χ4n) is 5.35. The lowest BCUT2D eigenvalue weighted by molar-refractivity contribution is -0.0930. The molecule has 270 valence electrons. The molecule has 2 aromatic carbocycles. The first-order valence-corrected chi connectivity index (χ1v) is 18.7. The molecule has 2 aromatic heterocycles. The topological polar surface area (TPSA) is 156 Å². The van der Waals surface area contributed by atoms with Gasteiger partial charge in [0.2, 0.25) is 0 Å². The Balaban J connectivity index is 1.73. The summed E-state index contributed by atoms with van der Waals surface area (Å²) < 4.78 is 83.7. The molecule has 50 heavy (non-hydrogen) atoms. The molecule has 4 rings (SSSR count). The van der Waals surface area contributed by atoms with Crippen LogP contribution in [0.4, 0.5) is 11.4 Å². The van der Waals surface area contributed by atoms with Gasteiger partial charge < -0.3 is 28.7 Å². The number of hydrogen-bond donors (Lipinski definition) is 0. The normalized spacial score (nSPS) is 12.0. The molecule has 0 saturated heterocycles. The van der Waals surface area contributed by atoms with E-state index in [2.05, 4.69) is 9.97 Å². The van der Waals surface area contributed by atoms with E-state index in [1.165, 1.54) is 18.1 Å². The average molecular weight is 731 g/mol. The van der Waals surface area contributed by atoms with E-state index in [1.807, 2.05) is 38.1 Å². The number of methoxy groups -OCH3 is 4. The second-order valence-electron chi connectivity index (χ2n) is 11.5. The monoisotopic (exact) mass is 730 g/mol.